The van der Waals surface area contributed by atoms with E-state index < -0.39 is 12.1 Å². The molecule has 0 amide bonds. The van der Waals surface area contributed by atoms with Crippen molar-refractivity contribution in [3.05, 3.63) is 71.3 Å². The number of rotatable bonds is 6. The number of hydrogen-bond acceptors (Lipinski definition) is 5. The maximum absolute atomic E-state index is 11.5. The van der Waals surface area contributed by atoms with E-state index in [1.807, 2.05) is 0 Å². The first-order valence-electron chi connectivity index (χ1n) is 6.75. The van der Waals surface area contributed by atoms with E-state index in [0.29, 0.717) is 16.5 Å². The maximum atomic E-state index is 11.5. The summed E-state index contributed by atoms with van der Waals surface area (Å²) in [6.45, 7) is 3.86. The topological polar surface area (TPSA) is 67.8 Å². The molecule has 0 fully saturated rings. The van der Waals surface area contributed by atoms with E-state index in [9.17, 15) is 9.90 Å². The number of aliphatic hydroxyl groups is 1. The molecule has 2 rings (SSSR count). The molecule has 0 aliphatic rings. The first-order chi connectivity index (χ1) is 11.0. The summed E-state index contributed by atoms with van der Waals surface area (Å²) in [5, 5.41) is 10.6. The Morgan fingerprint density at radius 1 is 1.22 bits per heavy atom. The Balaban J connectivity index is 2.10. The molecule has 5 nitrogen and oxygen atoms in total. The number of carbonyl (C=O) groups is 1. The molecule has 0 saturated heterocycles. The van der Waals surface area contributed by atoms with Crippen molar-refractivity contribution in [3.63, 3.8) is 0 Å². The summed E-state index contributed by atoms with van der Waals surface area (Å²) in [7, 11) is 1.20. The van der Waals surface area contributed by atoms with Gasteiger partial charge in [-0.1, -0.05) is 48.5 Å². The van der Waals surface area contributed by atoms with E-state index in [0.717, 1.165) is 5.56 Å². The van der Waals surface area contributed by atoms with Gasteiger partial charge in [-0.3, -0.25) is 0 Å². The van der Waals surface area contributed by atoms with Crippen molar-refractivity contribution in [3.8, 4) is 5.75 Å². The Labute approximate surface area is 139 Å². The Morgan fingerprint density at radius 2 is 1.87 bits per heavy atom. The average Bonchev–Trinajstić information content (AvgIpc) is 2.59. The molecule has 1 unspecified atom stereocenters. The van der Waals surface area contributed by atoms with Gasteiger partial charge in [-0.05, 0) is 18.2 Å². The van der Waals surface area contributed by atoms with Gasteiger partial charge >= 0.3 is 5.97 Å². The Bertz CT molecular complexity index is 700. The zero-order valence-corrected chi connectivity index (χ0v) is 13.2. The van der Waals surface area contributed by atoms with Crippen LogP contribution in [0.4, 0.5) is 0 Å². The summed E-state index contributed by atoms with van der Waals surface area (Å²) in [5.41, 5.74) is 4.27. The van der Waals surface area contributed by atoms with Gasteiger partial charge in [-0.25, -0.2) is 10.3 Å². The van der Waals surface area contributed by atoms with E-state index >= 15 is 0 Å². The molecular weight excluding hydrogens is 318 g/mol. The van der Waals surface area contributed by atoms with Crippen LogP contribution in [0.5, 0.6) is 5.75 Å². The van der Waals surface area contributed by atoms with E-state index in [1.54, 1.807) is 48.5 Å². The van der Waals surface area contributed by atoms with Gasteiger partial charge in [0.1, 0.15) is 0 Å². The summed E-state index contributed by atoms with van der Waals surface area (Å²) in [4.78, 5) is 16.9. The Kier molecular flexibility index (Phi) is 5.62. The van der Waals surface area contributed by atoms with Crippen LogP contribution in [-0.2, 0) is 9.53 Å². The fraction of sp³-hybridized carbons (Fsp3) is 0.118. The molecule has 0 aliphatic heterocycles. The van der Waals surface area contributed by atoms with Gasteiger partial charge in [0.15, 0.2) is 11.9 Å². The number of benzene rings is 2. The monoisotopic (exact) mass is 333 g/mol. The van der Waals surface area contributed by atoms with Crippen molar-refractivity contribution in [2.75, 3.05) is 7.11 Å². The molecule has 2 N–H and O–H groups in total. The molecule has 1 atom stereocenters. The third-order valence-corrected chi connectivity index (χ3v) is 3.37. The molecule has 2 aromatic rings. The lowest BCUT2D eigenvalue weighted by molar-refractivity contribution is -0.150. The van der Waals surface area contributed by atoms with Gasteiger partial charge in [-0.2, -0.15) is 0 Å². The number of nitrogens with one attached hydrogen (secondary N) is 1. The summed E-state index contributed by atoms with van der Waals surface area (Å²) < 4.78 is 4.53. The standard InChI is InChI=1S/C17H16ClNO4/c1-11(12-7-9-13(18)10-8-12)19-23-15-6-4-3-5-14(15)16(20)17(21)22-2/h3-10,16,19-20H,1H2,2H3. The first-order valence-corrected chi connectivity index (χ1v) is 7.13. The number of hydrogen-bond donors (Lipinski definition) is 2. The largest absolute Gasteiger partial charge is 0.467 e. The number of carbonyl (C=O) groups excluding carboxylic acids is 1. The molecule has 0 aliphatic carbocycles. The molecule has 6 heteroatoms. The number of hydroxylamine groups is 1. The minimum Gasteiger partial charge on any atom is -0.467 e. The summed E-state index contributed by atoms with van der Waals surface area (Å²) in [6.07, 6.45) is -1.43. The van der Waals surface area contributed by atoms with Crippen molar-refractivity contribution in [2.45, 2.75) is 6.10 Å². The summed E-state index contributed by atoms with van der Waals surface area (Å²) >= 11 is 5.84. The highest BCUT2D eigenvalue weighted by Gasteiger charge is 2.22. The predicted molar refractivity (Wildman–Crippen MR) is 87.7 cm³/mol. The number of methoxy groups -OCH3 is 1. The van der Waals surface area contributed by atoms with Gasteiger partial charge < -0.3 is 14.7 Å². The molecule has 0 spiro atoms. The number of ether oxygens (including phenoxy) is 1. The van der Waals surface area contributed by atoms with Gasteiger partial charge in [0.25, 0.3) is 0 Å². The van der Waals surface area contributed by atoms with Crippen molar-refractivity contribution in [1.82, 2.24) is 5.48 Å². The van der Waals surface area contributed by atoms with Crippen molar-refractivity contribution < 1.29 is 19.5 Å². The lowest BCUT2D eigenvalue weighted by atomic mass is 10.1. The Morgan fingerprint density at radius 3 is 2.52 bits per heavy atom. The van der Waals surface area contributed by atoms with Crippen LogP contribution in [0.15, 0.2) is 55.1 Å². The molecule has 0 aromatic heterocycles. The number of esters is 1. The number of para-hydroxylation sites is 1. The molecule has 120 valence electrons. The van der Waals surface area contributed by atoms with E-state index in [4.69, 9.17) is 16.4 Å². The number of aliphatic hydroxyl groups excluding tert-OH is 1. The van der Waals surface area contributed by atoms with Crippen LogP contribution in [0.2, 0.25) is 5.02 Å². The minimum atomic E-state index is -1.43. The van der Waals surface area contributed by atoms with Crippen LogP contribution >= 0.6 is 11.6 Å². The van der Waals surface area contributed by atoms with Gasteiger partial charge in [-0.15, -0.1) is 0 Å². The smallest absolute Gasteiger partial charge is 0.339 e. The average molecular weight is 334 g/mol. The zero-order chi connectivity index (χ0) is 16.8. The highest BCUT2D eigenvalue weighted by atomic mass is 35.5. The third kappa shape index (κ3) is 4.25. The second kappa shape index (κ2) is 7.67. The van der Waals surface area contributed by atoms with Gasteiger partial charge in [0.05, 0.1) is 12.8 Å². The SMILES string of the molecule is C=C(NOc1ccccc1C(O)C(=O)OC)c1ccc(Cl)cc1. The quantitative estimate of drug-likeness (QED) is 0.628. The van der Waals surface area contributed by atoms with Crippen LogP contribution in [0, 0.1) is 0 Å². The molecular formula is C17H16ClNO4. The minimum absolute atomic E-state index is 0.288. The Hall–Kier alpha value is -2.50. The van der Waals surface area contributed by atoms with Crippen LogP contribution < -0.4 is 10.3 Å². The second-order valence-corrected chi connectivity index (χ2v) is 5.09. The molecule has 0 radical (unpaired) electrons. The third-order valence-electron chi connectivity index (χ3n) is 3.11. The normalized spacial score (nSPS) is 11.4. The maximum Gasteiger partial charge on any atom is 0.339 e. The molecule has 23 heavy (non-hydrogen) atoms. The summed E-state index contributed by atoms with van der Waals surface area (Å²) in [6, 6.07) is 13.6. The summed E-state index contributed by atoms with van der Waals surface area (Å²) in [5.74, 6) is -0.474. The highest BCUT2D eigenvalue weighted by Crippen LogP contribution is 2.26. The highest BCUT2D eigenvalue weighted by molar-refractivity contribution is 6.30. The lowest BCUT2D eigenvalue weighted by Crippen LogP contribution is -2.20. The zero-order valence-electron chi connectivity index (χ0n) is 12.5. The van der Waals surface area contributed by atoms with Gasteiger partial charge in [0, 0.05) is 16.1 Å². The first kappa shape index (κ1) is 16.9. The second-order valence-electron chi connectivity index (χ2n) is 4.65. The van der Waals surface area contributed by atoms with Crippen LogP contribution in [-0.4, -0.2) is 18.2 Å². The predicted octanol–water partition coefficient (Wildman–Crippen LogP) is 3.10. The van der Waals surface area contributed by atoms with Crippen LogP contribution in [0.25, 0.3) is 5.70 Å². The molecule has 0 saturated carbocycles. The van der Waals surface area contributed by atoms with Crippen molar-refractivity contribution in [2.24, 2.45) is 0 Å². The molecule has 2 aromatic carbocycles. The van der Waals surface area contributed by atoms with E-state index in [1.165, 1.54) is 7.11 Å². The number of halogens is 1. The fourth-order valence-corrected chi connectivity index (χ4v) is 1.99. The lowest BCUT2D eigenvalue weighted by Gasteiger charge is -2.16. The van der Waals surface area contributed by atoms with Crippen molar-refractivity contribution >= 4 is 23.3 Å². The van der Waals surface area contributed by atoms with Gasteiger partial charge in [0.2, 0.25) is 0 Å². The van der Waals surface area contributed by atoms with Crippen molar-refractivity contribution in [1.29, 1.82) is 0 Å². The molecule has 0 heterocycles. The molecule has 0 bridgehead atoms. The van der Waals surface area contributed by atoms with Crippen LogP contribution in [0.1, 0.15) is 17.2 Å². The van der Waals surface area contributed by atoms with E-state index in [-0.39, 0.29) is 5.56 Å². The fourth-order valence-electron chi connectivity index (χ4n) is 1.86. The van der Waals surface area contributed by atoms with E-state index in [2.05, 4.69) is 16.8 Å². The van der Waals surface area contributed by atoms with Crippen LogP contribution in [0.3, 0.4) is 0 Å².